The summed E-state index contributed by atoms with van der Waals surface area (Å²) in [7, 11) is 0. The maximum absolute atomic E-state index is 5.21. The first-order valence-corrected chi connectivity index (χ1v) is 12.5. The second kappa shape index (κ2) is 7.54. The molecule has 1 N–H and O–H groups in total. The minimum atomic E-state index is 0.344. The van der Waals surface area contributed by atoms with Gasteiger partial charge in [-0.25, -0.2) is 14.5 Å². The Morgan fingerprint density at radius 1 is 1.03 bits per heavy atom. The van der Waals surface area contributed by atoms with E-state index >= 15 is 0 Å². The Bertz CT molecular complexity index is 1380. The molecule has 0 unspecified atom stereocenters. The molecule has 4 aromatic heterocycles. The van der Waals surface area contributed by atoms with E-state index in [4.69, 9.17) is 4.98 Å². The van der Waals surface area contributed by atoms with Crippen molar-refractivity contribution < 1.29 is 0 Å². The average Bonchev–Trinajstić information content (AvgIpc) is 3.35. The number of hydrogen-bond acceptors (Lipinski definition) is 5. The molecule has 178 valence electrons. The van der Waals surface area contributed by atoms with Crippen molar-refractivity contribution in [1.29, 1.82) is 0 Å². The average molecular weight is 458 g/mol. The number of H-pyrrole nitrogens is 1. The third kappa shape index (κ3) is 3.24. The van der Waals surface area contributed by atoms with E-state index in [2.05, 4.69) is 84.7 Å². The van der Waals surface area contributed by atoms with Gasteiger partial charge in [0.1, 0.15) is 12.1 Å². The van der Waals surface area contributed by atoms with Gasteiger partial charge in [-0.15, -0.1) is 0 Å². The van der Waals surface area contributed by atoms with Crippen LogP contribution in [0.15, 0.2) is 24.7 Å². The lowest BCUT2D eigenvalue weighted by Crippen LogP contribution is -2.72. The van der Waals surface area contributed by atoms with Gasteiger partial charge in [0.25, 0.3) is 0 Å². The van der Waals surface area contributed by atoms with E-state index in [1.807, 2.05) is 4.52 Å². The van der Waals surface area contributed by atoms with Crippen LogP contribution in [0.3, 0.4) is 0 Å². The summed E-state index contributed by atoms with van der Waals surface area (Å²) in [5.74, 6) is 2.19. The first-order valence-electron chi connectivity index (χ1n) is 12.5. The molecule has 7 heteroatoms. The molecule has 7 nitrogen and oxygen atoms in total. The molecule has 2 fully saturated rings. The molecular formula is C27H35N7. The van der Waals surface area contributed by atoms with Crippen LogP contribution in [0.4, 0.5) is 5.82 Å². The zero-order valence-corrected chi connectivity index (χ0v) is 21.2. The number of aromatic nitrogens is 5. The minimum absolute atomic E-state index is 0.344. The number of hydrogen-bond donors (Lipinski definition) is 1. The molecule has 0 bridgehead atoms. The number of fused-ring (bicyclic) bond motifs is 2. The Hall–Kier alpha value is -2.93. The van der Waals surface area contributed by atoms with Gasteiger partial charge in [-0.05, 0) is 48.9 Å². The molecule has 2 saturated heterocycles. The Kier molecular flexibility index (Phi) is 4.79. The van der Waals surface area contributed by atoms with Crippen molar-refractivity contribution in [2.75, 3.05) is 37.6 Å². The lowest BCUT2D eigenvalue weighted by molar-refractivity contribution is -0.0282. The first-order chi connectivity index (χ1) is 16.2. The molecule has 34 heavy (non-hydrogen) atoms. The van der Waals surface area contributed by atoms with Gasteiger partial charge in [-0.2, -0.15) is 5.10 Å². The van der Waals surface area contributed by atoms with E-state index in [0.29, 0.717) is 11.3 Å². The molecule has 0 aromatic carbocycles. The quantitative estimate of drug-likeness (QED) is 0.467. The second-order valence-electron chi connectivity index (χ2n) is 11.4. The molecule has 4 aromatic rings. The minimum Gasteiger partial charge on any atom is -0.355 e. The SMILES string of the molecule is Cc1c(-c2[nH]c3ccc(N4CC5(CN(CC(C)C)C5)C4)nc3c2C(C)C)cn2ncnc2c1C. The monoisotopic (exact) mass is 457 g/mol. The number of likely N-dealkylation sites (tertiary alicyclic amines) is 1. The lowest BCUT2D eigenvalue weighted by Gasteiger charge is -2.61. The van der Waals surface area contributed by atoms with E-state index in [1.54, 1.807) is 6.33 Å². The number of anilines is 1. The molecule has 2 aliphatic heterocycles. The fraction of sp³-hybridized carbons (Fsp3) is 0.519. The van der Waals surface area contributed by atoms with Gasteiger partial charge in [0.05, 0.1) is 16.7 Å². The zero-order valence-electron chi connectivity index (χ0n) is 21.2. The summed E-state index contributed by atoms with van der Waals surface area (Å²) in [5.41, 5.74) is 9.58. The van der Waals surface area contributed by atoms with Gasteiger partial charge in [0.15, 0.2) is 5.65 Å². The number of aryl methyl sites for hydroxylation is 1. The topological polar surface area (TPSA) is 65.4 Å². The van der Waals surface area contributed by atoms with Crippen molar-refractivity contribution in [3.63, 3.8) is 0 Å². The molecule has 0 saturated carbocycles. The molecule has 0 radical (unpaired) electrons. The molecular weight excluding hydrogens is 422 g/mol. The van der Waals surface area contributed by atoms with Crippen LogP contribution in [0.1, 0.15) is 50.3 Å². The molecule has 0 atom stereocenters. The van der Waals surface area contributed by atoms with Crippen LogP contribution >= 0.6 is 0 Å². The van der Waals surface area contributed by atoms with Crippen LogP contribution in [-0.2, 0) is 0 Å². The summed E-state index contributed by atoms with van der Waals surface area (Å²) in [6, 6.07) is 4.39. The van der Waals surface area contributed by atoms with Crippen LogP contribution in [0.2, 0.25) is 0 Å². The fourth-order valence-corrected chi connectivity index (χ4v) is 6.15. The first kappa shape index (κ1) is 21.6. The van der Waals surface area contributed by atoms with Gasteiger partial charge >= 0.3 is 0 Å². The van der Waals surface area contributed by atoms with Gasteiger partial charge in [-0.3, -0.25) is 0 Å². The number of nitrogens with one attached hydrogen (secondary N) is 1. The lowest BCUT2D eigenvalue weighted by atomic mass is 9.72. The normalized spacial score (nSPS) is 17.9. The van der Waals surface area contributed by atoms with Crippen LogP contribution in [0.5, 0.6) is 0 Å². The van der Waals surface area contributed by atoms with E-state index in [9.17, 15) is 0 Å². The van der Waals surface area contributed by atoms with Crippen molar-refractivity contribution in [3.05, 3.63) is 41.3 Å². The highest BCUT2D eigenvalue weighted by atomic mass is 15.3. The van der Waals surface area contributed by atoms with Crippen molar-refractivity contribution in [2.24, 2.45) is 11.3 Å². The highest BCUT2D eigenvalue weighted by Gasteiger charge is 2.51. The summed E-state index contributed by atoms with van der Waals surface area (Å²) in [4.78, 5) is 18.4. The summed E-state index contributed by atoms with van der Waals surface area (Å²) < 4.78 is 1.88. The smallest absolute Gasteiger partial charge is 0.158 e. The third-order valence-electron chi connectivity index (χ3n) is 7.76. The van der Waals surface area contributed by atoms with Gasteiger partial charge in [0.2, 0.25) is 0 Å². The standard InChI is InChI=1S/C27H35N7/c1-16(2)9-32-11-27(12-32)13-33(14-27)22-8-7-21-25(31-22)23(17(3)4)24(30-21)20-10-34-26(28-15-29-34)19(6)18(20)5/h7-8,10,15-17,30H,9,11-14H2,1-6H3. The Balaban J connectivity index is 1.34. The number of nitrogens with zero attached hydrogens (tertiary/aromatic N) is 6. The van der Waals surface area contributed by atoms with Crippen LogP contribution in [-0.4, -0.2) is 62.2 Å². The van der Waals surface area contributed by atoms with E-state index in [-0.39, 0.29) is 0 Å². The number of aromatic amines is 1. The maximum atomic E-state index is 5.21. The van der Waals surface area contributed by atoms with E-state index < -0.39 is 0 Å². The predicted molar refractivity (Wildman–Crippen MR) is 138 cm³/mol. The van der Waals surface area contributed by atoms with E-state index in [0.717, 1.165) is 52.8 Å². The summed E-state index contributed by atoms with van der Waals surface area (Å²) >= 11 is 0. The molecule has 0 amide bonds. The summed E-state index contributed by atoms with van der Waals surface area (Å²) in [6.07, 6.45) is 3.72. The second-order valence-corrected chi connectivity index (χ2v) is 11.4. The highest BCUT2D eigenvalue weighted by molar-refractivity contribution is 5.90. The fourth-order valence-electron chi connectivity index (χ4n) is 6.15. The van der Waals surface area contributed by atoms with E-state index in [1.165, 1.54) is 36.3 Å². The van der Waals surface area contributed by atoms with Gasteiger partial charge in [0, 0.05) is 55.5 Å². The largest absolute Gasteiger partial charge is 0.355 e. The molecule has 0 aliphatic carbocycles. The van der Waals surface area contributed by atoms with Crippen LogP contribution in [0.25, 0.3) is 27.9 Å². The predicted octanol–water partition coefficient (Wildman–Crippen LogP) is 4.79. The third-order valence-corrected chi connectivity index (χ3v) is 7.76. The van der Waals surface area contributed by atoms with Crippen molar-refractivity contribution in [3.8, 4) is 11.3 Å². The van der Waals surface area contributed by atoms with Crippen molar-refractivity contribution in [2.45, 2.75) is 47.5 Å². The Morgan fingerprint density at radius 3 is 2.50 bits per heavy atom. The van der Waals surface area contributed by atoms with Crippen molar-refractivity contribution in [1.82, 2.24) is 29.5 Å². The molecule has 2 aliphatic rings. The Morgan fingerprint density at radius 2 is 1.79 bits per heavy atom. The summed E-state index contributed by atoms with van der Waals surface area (Å²) in [6.45, 7) is 19.4. The van der Waals surface area contributed by atoms with Gasteiger partial charge in [-0.1, -0.05) is 27.7 Å². The summed E-state index contributed by atoms with van der Waals surface area (Å²) in [5, 5.41) is 4.41. The molecule has 1 spiro atoms. The van der Waals surface area contributed by atoms with Crippen LogP contribution in [0, 0.1) is 25.2 Å². The highest BCUT2D eigenvalue weighted by Crippen LogP contribution is 2.43. The van der Waals surface area contributed by atoms with Gasteiger partial charge < -0.3 is 14.8 Å². The van der Waals surface area contributed by atoms with Crippen LogP contribution < -0.4 is 4.90 Å². The Labute approximate surface area is 201 Å². The number of rotatable bonds is 5. The van der Waals surface area contributed by atoms with Crippen molar-refractivity contribution >= 4 is 22.5 Å². The number of pyridine rings is 2. The molecule has 6 rings (SSSR count). The zero-order chi connectivity index (χ0) is 23.8. The molecule has 6 heterocycles. The maximum Gasteiger partial charge on any atom is 0.158 e.